The highest BCUT2D eigenvalue weighted by Gasteiger charge is 2.27. The molecule has 0 amide bonds. The van der Waals surface area contributed by atoms with Crippen molar-refractivity contribution in [3.63, 3.8) is 0 Å². The lowest BCUT2D eigenvalue weighted by molar-refractivity contribution is 0.669. The molecule has 0 aliphatic carbocycles. The van der Waals surface area contributed by atoms with Crippen molar-refractivity contribution >= 4 is 81.8 Å². The van der Waals surface area contributed by atoms with Gasteiger partial charge in [0.1, 0.15) is 17.2 Å². The van der Waals surface area contributed by atoms with Crippen molar-refractivity contribution in [3.8, 4) is 45.9 Å². The molecule has 59 heavy (non-hydrogen) atoms. The summed E-state index contributed by atoms with van der Waals surface area (Å²) in [5, 5.41) is 20.1. The first kappa shape index (κ1) is 31.8. The molecule has 0 aliphatic rings. The Bertz CT molecular complexity index is 3850. The van der Waals surface area contributed by atoms with Crippen molar-refractivity contribution in [2.45, 2.75) is 0 Å². The molecular formula is C52H28N6O. The monoisotopic (exact) mass is 752 g/mol. The SMILES string of the molecule is N#Cc1cc(-n2c3ccccc3c3cc4c(cc32)c2cccc3c5ccccc5n4c32)c2c(oc3ccccc32)c1-c1nc(-c2ccccc2)nc(-c2ccccc2)n1. The van der Waals surface area contributed by atoms with Crippen molar-refractivity contribution in [2.75, 3.05) is 0 Å². The Hall–Kier alpha value is -8.34. The minimum absolute atomic E-state index is 0.368. The highest BCUT2D eigenvalue weighted by atomic mass is 16.3. The predicted octanol–water partition coefficient (Wildman–Crippen LogP) is 12.9. The number of hydrogen-bond donors (Lipinski definition) is 0. The van der Waals surface area contributed by atoms with Crippen LogP contribution < -0.4 is 0 Å². The molecule has 5 heterocycles. The fraction of sp³-hybridized carbons (Fsp3) is 0. The molecule has 0 fully saturated rings. The number of rotatable bonds is 4. The van der Waals surface area contributed by atoms with Gasteiger partial charge in [-0.05, 0) is 36.4 Å². The third-order valence-corrected chi connectivity index (χ3v) is 11.9. The first-order valence-corrected chi connectivity index (χ1v) is 19.6. The van der Waals surface area contributed by atoms with E-state index < -0.39 is 0 Å². The zero-order valence-electron chi connectivity index (χ0n) is 31.3. The van der Waals surface area contributed by atoms with Crippen molar-refractivity contribution < 1.29 is 4.42 Å². The third-order valence-electron chi connectivity index (χ3n) is 11.9. The number of para-hydroxylation sites is 4. The van der Waals surface area contributed by atoms with Crippen molar-refractivity contribution in [1.82, 2.24) is 23.9 Å². The highest BCUT2D eigenvalue weighted by Crippen LogP contribution is 2.46. The van der Waals surface area contributed by atoms with Crippen LogP contribution in [-0.2, 0) is 0 Å². The van der Waals surface area contributed by atoms with Crippen LogP contribution in [0.25, 0.3) is 122 Å². The molecule has 0 N–H and O–H groups in total. The molecule has 0 unspecified atom stereocenters. The summed E-state index contributed by atoms with van der Waals surface area (Å²) in [6.45, 7) is 0. The van der Waals surface area contributed by atoms with Crippen molar-refractivity contribution in [3.05, 3.63) is 175 Å². The number of benzene rings is 8. The summed E-state index contributed by atoms with van der Waals surface area (Å²) in [5.41, 5.74) is 10.4. The van der Waals surface area contributed by atoms with Crippen LogP contribution in [0.15, 0.2) is 174 Å². The fourth-order valence-electron chi connectivity index (χ4n) is 9.44. The molecule has 0 saturated carbocycles. The molecular weight excluding hydrogens is 725 g/mol. The number of furan rings is 1. The number of aromatic nitrogens is 5. The molecule has 7 heteroatoms. The second-order valence-corrected chi connectivity index (χ2v) is 15.1. The van der Waals surface area contributed by atoms with Crippen LogP contribution in [0.5, 0.6) is 0 Å². The Kier molecular flexibility index (Phi) is 6.38. The molecule has 0 radical (unpaired) electrons. The van der Waals surface area contributed by atoms with Gasteiger partial charge in [0, 0.05) is 48.8 Å². The standard InChI is InChI=1S/C52H28N6O/c53-29-32-26-44(57-40-23-10-8-19-34(40)38-27-43-39(28-42(38)57)36-22-13-21-35-33-18-7-11-24-41(33)58(43)48(35)36)47-37-20-9-12-25-45(37)59-49(47)46(32)52-55-50(30-14-3-1-4-15-30)54-51(56-52)31-16-5-2-6-17-31/h1-28H. The van der Waals surface area contributed by atoms with E-state index >= 15 is 0 Å². The molecule has 8 aromatic carbocycles. The predicted molar refractivity (Wildman–Crippen MR) is 237 cm³/mol. The maximum atomic E-state index is 11.1. The molecule has 0 atom stereocenters. The Morgan fingerprint density at radius 2 is 1.00 bits per heavy atom. The Labute approximate surface area is 335 Å². The van der Waals surface area contributed by atoms with E-state index in [0.29, 0.717) is 39.8 Å². The first-order valence-electron chi connectivity index (χ1n) is 19.6. The smallest absolute Gasteiger partial charge is 0.169 e. The van der Waals surface area contributed by atoms with Gasteiger partial charge < -0.3 is 13.4 Å². The van der Waals surface area contributed by atoms with E-state index in [1.807, 2.05) is 84.9 Å². The van der Waals surface area contributed by atoms with Gasteiger partial charge in [0.05, 0.1) is 49.8 Å². The van der Waals surface area contributed by atoms with Gasteiger partial charge in [-0.1, -0.05) is 133 Å². The second kappa shape index (κ2) is 11.8. The van der Waals surface area contributed by atoms with Gasteiger partial charge in [0.25, 0.3) is 0 Å². The average Bonchev–Trinajstić information content (AvgIpc) is 4.04. The Morgan fingerprint density at radius 1 is 0.458 bits per heavy atom. The topological polar surface area (TPSA) is 84.9 Å². The van der Waals surface area contributed by atoms with Crippen LogP contribution in [0, 0.1) is 11.3 Å². The second-order valence-electron chi connectivity index (χ2n) is 15.1. The molecule has 13 aromatic rings. The van der Waals surface area contributed by atoms with Crippen LogP contribution in [0.3, 0.4) is 0 Å². The minimum atomic E-state index is 0.368. The van der Waals surface area contributed by atoms with E-state index in [1.54, 1.807) is 0 Å². The van der Waals surface area contributed by atoms with E-state index in [2.05, 4.69) is 100.0 Å². The normalized spacial score (nSPS) is 12.1. The molecule has 272 valence electrons. The van der Waals surface area contributed by atoms with Crippen LogP contribution in [0.2, 0.25) is 0 Å². The van der Waals surface area contributed by atoms with Gasteiger partial charge in [-0.15, -0.1) is 0 Å². The number of nitriles is 1. The number of nitrogens with zero attached hydrogens (tertiary/aromatic N) is 6. The van der Waals surface area contributed by atoms with Crippen LogP contribution in [0.4, 0.5) is 0 Å². The summed E-state index contributed by atoms with van der Waals surface area (Å²) >= 11 is 0. The van der Waals surface area contributed by atoms with E-state index in [-0.39, 0.29) is 0 Å². The zero-order chi connectivity index (χ0) is 38.8. The summed E-state index contributed by atoms with van der Waals surface area (Å²) < 4.78 is 11.6. The molecule has 0 spiro atoms. The lowest BCUT2D eigenvalue weighted by Gasteiger charge is -2.14. The lowest BCUT2D eigenvalue weighted by atomic mass is 10.00. The largest absolute Gasteiger partial charge is 0.455 e. The van der Waals surface area contributed by atoms with E-state index in [0.717, 1.165) is 54.9 Å². The van der Waals surface area contributed by atoms with Gasteiger partial charge in [-0.2, -0.15) is 5.26 Å². The molecule has 5 aromatic heterocycles. The van der Waals surface area contributed by atoms with Crippen LogP contribution in [0.1, 0.15) is 5.56 Å². The molecule has 0 aliphatic heterocycles. The van der Waals surface area contributed by atoms with Gasteiger partial charge >= 0.3 is 0 Å². The van der Waals surface area contributed by atoms with Gasteiger partial charge in [0.2, 0.25) is 0 Å². The number of fused-ring (bicyclic) bond motifs is 12. The zero-order valence-corrected chi connectivity index (χ0v) is 31.3. The molecule has 13 rings (SSSR count). The highest BCUT2D eigenvalue weighted by molar-refractivity contribution is 6.26. The third kappa shape index (κ3) is 4.37. The average molecular weight is 753 g/mol. The molecule has 0 bridgehead atoms. The minimum Gasteiger partial charge on any atom is -0.455 e. The van der Waals surface area contributed by atoms with Gasteiger partial charge in [-0.25, -0.2) is 15.0 Å². The van der Waals surface area contributed by atoms with Gasteiger partial charge in [-0.3, -0.25) is 0 Å². The number of hydrogen-bond acceptors (Lipinski definition) is 5. The first-order chi connectivity index (χ1) is 29.2. The molecule has 0 saturated heterocycles. The maximum Gasteiger partial charge on any atom is 0.169 e. The Balaban J connectivity index is 1.16. The van der Waals surface area contributed by atoms with Crippen LogP contribution >= 0.6 is 0 Å². The summed E-state index contributed by atoms with van der Waals surface area (Å²) in [6, 6.07) is 60.8. The van der Waals surface area contributed by atoms with Crippen molar-refractivity contribution in [1.29, 1.82) is 5.26 Å². The van der Waals surface area contributed by atoms with E-state index in [9.17, 15) is 5.26 Å². The summed E-state index contributed by atoms with van der Waals surface area (Å²) in [7, 11) is 0. The maximum absolute atomic E-state index is 11.1. The van der Waals surface area contributed by atoms with E-state index in [4.69, 9.17) is 19.4 Å². The summed E-state index contributed by atoms with van der Waals surface area (Å²) in [6.07, 6.45) is 0. The van der Waals surface area contributed by atoms with Crippen molar-refractivity contribution in [2.24, 2.45) is 0 Å². The van der Waals surface area contributed by atoms with Crippen LogP contribution in [-0.4, -0.2) is 23.9 Å². The fourth-order valence-corrected chi connectivity index (χ4v) is 9.44. The molecule has 7 nitrogen and oxygen atoms in total. The quantitative estimate of drug-likeness (QED) is 0.179. The van der Waals surface area contributed by atoms with Gasteiger partial charge in [0.15, 0.2) is 17.5 Å². The summed E-state index contributed by atoms with van der Waals surface area (Å²) in [4.78, 5) is 15.1. The lowest BCUT2D eigenvalue weighted by Crippen LogP contribution is -2.03. The Morgan fingerprint density at radius 3 is 1.71 bits per heavy atom. The van der Waals surface area contributed by atoms with E-state index in [1.165, 1.54) is 32.6 Å². The summed E-state index contributed by atoms with van der Waals surface area (Å²) in [5.74, 6) is 1.39.